The molecule has 1 fully saturated rings. The number of hydrogen-bond donors (Lipinski definition) is 2. The topological polar surface area (TPSA) is 62.2 Å². The number of amides is 1. The van der Waals surface area contributed by atoms with Gasteiger partial charge in [0.15, 0.2) is 0 Å². The molecule has 1 aromatic rings. The molecule has 1 aliphatic rings. The van der Waals surface area contributed by atoms with E-state index in [9.17, 15) is 4.79 Å². The summed E-state index contributed by atoms with van der Waals surface area (Å²) in [5, 5.41) is 15.1. The number of hydrogen-bond acceptors (Lipinski definition) is 5. The number of aliphatic hydroxyl groups is 1. The first-order chi connectivity index (χ1) is 9.63. The largest absolute Gasteiger partial charge is 0.396 e. The van der Waals surface area contributed by atoms with E-state index in [4.69, 9.17) is 5.11 Å². The summed E-state index contributed by atoms with van der Waals surface area (Å²) in [4.78, 5) is 16.1. The molecule has 0 aromatic carbocycles. The van der Waals surface area contributed by atoms with Crippen molar-refractivity contribution in [2.24, 2.45) is 5.41 Å². The van der Waals surface area contributed by atoms with E-state index >= 15 is 0 Å². The van der Waals surface area contributed by atoms with Crippen molar-refractivity contribution in [2.45, 2.75) is 38.4 Å². The SMILES string of the molecule is Cc1nc(CSCCC(=O)NCC2(CCO)CC2)cs1. The molecular weight excluding hydrogens is 292 g/mol. The summed E-state index contributed by atoms with van der Waals surface area (Å²) in [6.07, 6.45) is 3.63. The second-order valence-corrected chi connectivity index (χ2v) is 7.58. The Morgan fingerprint density at radius 1 is 1.60 bits per heavy atom. The Bertz CT molecular complexity index is 444. The summed E-state index contributed by atoms with van der Waals surface area (Å²) >= 11 is 3.42. The van der Waals surface area contributed by atoms with Crippen LogP contribution < -0.4 is 5.32 Å². The zero-order valence-corrected chi connectivity index (χ0v) is 13.5. The van der Waals surface area contributed by atoms with Crippen molar-refractivity contribution in [2.75, 3.05) is 18.9 Å². The van der Waals surface area contributed by atoms with Gasteiger partial charge < -0.3 is 10.4 Å². The molecule has 6 heteroatoms. The van der Waals surface area contributed by atoms with Gasteiger partial charge in [0, 0.05) is 36.5 Å². The maximum Gasteiger partial charge on any atom is 0.220 e. The van der Waals surface area contributed by atoms with Crippen molar-refractivity contribution in [3.63, 3.8) is 0 Å². The van der Waals surface area contributed by atoms with Crippen LogP contribution in [0.1, 0.15) is 36.4 Å². The second kappa shape index (κ2) is 7.43. The number of aromatic nitrogens is 1. The van der Waals surface area contributed by atoms with Crippen molar-refractivity contribution in [3.05, 3.63) is 16.1 Å². The molecule has 4 nitrogen and oxygen atoms in total. The van der Waals surface area contributed by atoms with Crippen LogP contribution in [-0.2, 0) is 10.5 Å². The van der Waals surface area contributed by atoms with Crippen LogP contribution in [0.25, 0.3) is 0 Å². The van der Waals surface area contributed by atoms with Crippen molar-refractivity contribution in [3.8, 4) is 0 Å². The zero-order chi connectivity index (χ0) is 14.4. The summed E-state index contributed by atoms with van der Waals surface area (Å²) in [7, 11) is 0. The Morgan fingerprint density at radius 2 is 2.40 bits per heavy atom. The van der Waals surface area contributed by atoms with E-state index in [1.165, 1.54) is 0 Å². The minimum absolute atomic E-state index is 0.121. The highest BCUT2D eigenvalue weighted by Crippen LogP contribution is 2.47. The summed E-state index contributed by atoms with van der Waals surface area (Å²) in [5.41, 5.74) is 1.31. The van der Waals surface area contributed by atoms with E-state index in [2.05, 4.69) is 15.7 Å². The van der Waals surface area contributed by atoms with Crippen LogP contribution in [-0.4, -0.2) is 34.9 Å². The van der Waals surface area contributed by atoms with Gasteiger partial charge in [-0.25, -0.2) is 4.98 Å². The van der Waals surface area contributed by atoms with Crippen LogP contribution in [0, 0.1) is 12.3 Å². The van der Waals surface area contributed by atoms with Gasteiger partial charge in [-0.15, -0.1) is 11.3 Å². The van der Waals surface area contributed by atoms with Crippen LogP contribution in [0.3, 0.4) is 0 Å². The molecule has 2 N–H and O–H groups in total. The molecule has 1 saturated carbocycles. The van der Waals surface area contributed by atoms with Crippen molar-refractivity contribution < 1.29 is 9.90 Å². The first kappa shape index (κ1) is 15.8. The van der Waals surface area contributed by atoms with Gasteiger partial charge in [-0.1, -0.05) is 0 Å². The summed E-state index contributed by atoms with van der Waals surface area (Å²) in [5.74, 6) is 1.83. The predicted octanol–water partition coefficient (Wildman–Crippen LogP) is 2.35. The summed E-state index contributed by atoms with van der Waals surface area (Å²) in [6.45, 7) is 2.95. The minimum atomic E-state index is 0.121. The van der Waals surface area contributed by atoms with E-state index in [0.717, 1.165) is 48.0 Å². The average Bonchev–Trinajstić information content (AvgIpc) is 3.07. The van der Waals surface area contributed by atoms with Gasteiger partial charge >= 0.3 is 0 Å². The van der Waals surface area contributed by atoms with E-state index in [1.54, 1.807) is 23.1 Å². The van der Waals surface area contributed by atoms with Crippen LogP contribution in [0.5, 0.6) is 0 Å². The molecule has 1 amide bonds. The highest BCUT2D eigenvalue weighted by molar-refractivity contribution is 7.98. The fraction of sp³-hybridized carbons (Fsp3) is 0.714. The number of rotatable bonds is 9. The van der Waals surface area contributed by atoms with E-state index < -0.39 is 0 Å². The molecule has 0 bridgehead atoms. The van der Waals surface area contributed by atoms with Crippen molar-refractivity contribution in [1.29, 1.82) is 0 Å². The lowest BCUT2D eigenvalue weighted by atomic mass is 10.0. The molecule has 0 atom stereocenters. The molecule has 0 spiro atoms. The molecule has 1 aromatic heterocycles. The average molecular weight is 314 g/mol. The predicted molar refractivity (Wildman–Crippen MR) is 84.0 cm³/mol. The van der Waals surface area contributed by atoms with E-state index in [-0.39, 0.29) is 17.9 Å². The standard InChI is InChI=1S/C14H22N2O2S2/c1-11-16-12(9-20-11)8-19-7-2-13(18)15-10-14(3-4-14)5-6-17/h9,17H,2-8,10H2,1H3,(H,15,18). The number of carbonyl (C=O) groups excluding carboxylic acids is 1. The molecule has 0 radical (unpaired) electrons. The first-order valence-electron chi connectivity index (χ1n) is 7.00. The van der Waals surface area contributed by atoms with Gasteiger partial charge in [-0.05, 0) is 31.6 Å². The van der Waals surface area contributed by atoms with Gasteiger partial charge in [0.1, 0.15) is 0 Å². The van der Waals surface area contributed by atoms with Crippen molar-refractivity contribution >= 4 is 29.0 Å². The number of thioether (sulfide) groups is 1. The Balaban J connectivity index is 1.54. The molecule has 2 rings (SSSR count). The summed E-state index contributed by atoms with van der Waals surface area (Å²) < 4.78 is 0. The monoisotopic (exact) mass is 314 g/mol. The Labute approximate surface area is 128 Å². The van der Waals surface area contributed by atoms with Gasteiger partial charge in [-0.3, -0.25) is 4.79 Å². The normalized spacial score (nSPS) is 16.1. The lowest BCUT2D eigenvalue weighted by Crippen LogP contribution is -2.30. The number of aliphatic hydroxyl groups excluding tert-OH is 1. The van der Waals surface area contributed by atoms with Gasteiger partial charge in [0.25, 0.3) is 0 Å². The van der Waals surface area contributed by atoms with E-state index in [1.807, 2.05) is 6.92 Å². The second-order valence-electron chi connectivity index (χ2n) is 5.41. The minimum Gasteiger partial charge on any atom is -0.396 e. The molecule has 1 aliphatic carbocycles. The maximum atomic E-state index is 11.7. The zero-order valence-electron chi connectivity index (χ0n) is 11.9. The van der Waals surface area contributed by atoms with Crippen LogP contribution in [0.2, 0.25) is 0 Å². The van der Waals surface area contributed by atoms with Crippen LogP contribution >= 0.6 is 23.1 Å². The third kappa shape index (κ3) is 5.07. The fourth-order valence-electron chi connectivity index (χ4n) is 2.12. The van der Waals surface area contributed by atoms with Crippen molar-refractivity contribution in [1.82, 2.24) is 10.3 Å². The number of carbonyl (C=O) groups is 1. The molecule has 0 unspecified atom stereocenters. The first-order valence-corrected chi connectivity index (χ1v) is 9.03. The summed E-state index contributed by atoms with van der Waals surface area (Å²) in [6, 6.07) is 0. The lowest BCUT2D eigenvalue weighted by molar-refractivity contribution is -0.120. The maximum absolute atomic E-state index is 11.7. The quantitative estimate of drug-likeness (QED) is 0.687. The Morgan fingerprint density at radius 3 is 3.00 bits per heavy atom. The molecule has 0 saturated heterocycles. The fourth-order valence-corrected chi connectivity index (χ4v) is 3.67. The third-order valence-corrected chi connectivity index (χ3v) is 5.46. The van der Waals surface area contributed by atoms with Gasteiger partial charge in [0.2, 0.25) is 5.91 Å². The van der Waals surface area contributed by atoms with Gasteiger partial charge in [0.05, 0.1) is 10.7 Å². The third-order valence-electron chi connectivity index (χ3n) is 3.65. The molecule has 0 aliphatic heterocycles. The highest BCUT2D eigenvalue weighted by atomic mass is 32.2. The van der Waals surface area contributed by atoms with Crippen LogP contribution in [0.15, 0.2) is 5.38 Å². The number of nitrogens with zero attached hydrogens (tertiary/aromatic N) is 1. The number of aryl methyl sites for hydroxylation is 1. The number of nitrogens with one attached hydrogen (secondary N) is 1. The van der Waals surface area contributed by atoms with E-state index in [0.29, 0.717) is 6.42 Å². The molecule has 112 valence electrons. The molecular formula is C14H22N2O2S2. The smallest absolute Gasteiger partial charge is 0.220 e. The van der Waals surface area contributed by atoms with Gasteiger partial charge in [-0.2, -0.15) is 11.8 Å². The Hall–Kier alpha value is -0.590. The number of thiazole rings is 1. The molecule has 1 heterocycles. The van der Waals surface area contributed by atoms with Crippen LogP contribution in [0.4, 0.5) is 0 Å². The highest BCUT2D eigenvalue weighted by Gasteiger charge is 2.41. The lowest BCUT2D eigenvalue weighted by Gasteiger charge is -2.14. The Kier molecular flexibility index (Phi) is 5.86. The molecule has 20 heavy (non-hydrogen) atoms.